The molecule has 1 N–H and O–H groups in total. The van der Waals surface area contributed by atoms with Gasteiger partial charge >= 0.3 is 0 Å². The van der Waals surface area contributed by atoms with Gasteiger partial charge in [-0.05, 0) is 25.1 Å². The van der Waals surface area contributed by atoms with E-state index in [2.05, 4.69) is 27.9 Å². The molecule has 19 heavy (non-hydrogen) atoms. The van der Waals surface area contributed by atoms with Crippen LogP contribution in [0, 0.1) is 18.8 Å². The predicted molar refractivity (Wildman–Crippen MR) is 79.2 cm³/mol. The molecule has 0 atom stereocenters. The van der Waals surface area contributed by atoms with Crippen LogP contribution in [-0.4, -0.2) is 21.7 Å². The van der Waals surface area contributed by atoms with Crippen molar-refractivity contribution in [3.8, 4) is 11.8 Å². The summed E-state index contributed by atoms with van der Waals surface area (Å²) < 4.78 is 0. The van der Waals surface area contributed by atoms with E-state index < -0.39 is 0 Å². The number of aryl methyl sites for hydroxylation is 1. The average molecular weight is 290 g/mol. The molecule has 0 saturated carbocycles. The van der Waals surface area contributed by atoms with Gasteiger partial charge in [-0.3, -0.25) is 0 Å². The maximum absolute atomic E-state index is 8.67. The van der Waals surface area contributed by atoms with Crippen LogP contribution in [0.5, 0.6) is 0 Å². The summed E-state index contributed by atoms with van der Waals surface area (Å²) in [6, 6.07) is 5.99. The van der Waals surface area contributed by atoms with Crippen LogP contribution in [0.3, 0.4) is 0 Å². The van der Waals surface area contributed by atoms with Crippen molar-refractivity contribution in [2.24, 2.45) is 0 Å². The molecule has 98 valence electrons. The first-order valence-electron chi connectivity index (χ1n) is 5.89. The Labute approximate surface area is 121 Å². The fourth-order valence-electron chi connectivity index (χ4n) is 1.36. The standard InChI is InChI=1S/C14H14N2OS2/c1-11-7-8-15-14(16-11)18-10-13-6-5-12(19-13)4-2-3-9-17/h5-8,17H,3,9-10H2,1H3. The van der Waals surface area contributed by atoms with E-state index in [0.29, 0.717) is 6.42 Å². The summed E-state index contributed by atoms with van der Waals surface area (Å²) in [4.78, 5) is 10.9. The van der Waals surface area contributed by atoms with Crippen LogP contribution in [0.4, 0.5) is 0 Å². The first-order chi connectivity index (χ1) is 9.28. The Morgan fingerprint density at radius 2 is 2.26 bits per heavy atom. The van der Waals surface area contributed by atoms with Crippen molar-refractivity contribution in [2.75, 3.05) is 6.61 Å². The molecule has 0 amide bonds. The number of aliphatic hydroxyl groups is 1. The van der Waals surface area contributed by atoms with E-state index in [1.54, 1.807) is 29.3 Å². The van der Waals surface area contributed by atoms with E-state index >= 15 is 0 Å². The highest BCUT2D eigenvalue weighted by Crippen LogP contribution is 2.24. The zero-order valence-electron chi connectivity index (χ0n) is 10.6. The summed E-state index contributed by atoms with van der Waals surface area (Å²) >= 11 is 3.30. The van der Waals surface area contributed by atoms with Crippen LogP contribution < -0.4 is 0 Å². The molecule has 0 aliphatic rings. The maximum atomic E-state index is 8.67. The lowest BCUT2D eigenvalue weighted by molar-refractivity contribution is 0.305. The van der Waals surface area contributed by atoms with Gasteiger partial charge in [0.1, 0.15) is 0 Å². The monoisotopic (exact) mass is 290 g/mol. The molecule has 0 aliphatic heterocycles. The third-order valence-electron chi connectivity index (χ3n) is 2.23. The highest BCUT2D eigenvalue weighted by atomic mass is 32.2. The van der Waals surface area contributed by atoms with Gasteiger partial charge in [-0.1, -0.05) is 23.6 Å². The van der Waals surface area contributed by atoms with Gasteiger partial charge in [0, 0.05) is 28.9 Å². The van der Waals surface area contributed by atoms with Gasteiger partial charge in [0.15, 0.2) is 5.16 Å². The Balaban J connectivity index is 1.92. The predicted octanol–water partition coefficient (Wildman–Crippen LogP) is 2.87. The van der Waals surface area contributed by atoms with E-state index in [4.69, 9.17) is 5.11 Å². The number of aromatic nitrogens is 2. The Morgan fingerprint density at radius 3 is 3.05 bits per heavy atom. The number of hydrogen-bond donors (Lipinski definition) is 1. The molecule has 0 aromatic carbocycles. The van der Waals surface area contributed by atoms with Crippen LogP contribution in [0.15, 0.2) is 29.6 Å². The highest BCUT2D eigenvalue weighted by Gasteiger charge is 2.02. The molecule has 2 rings (SSSR count). The normalized spacial score (nSPS) is 10.0. The number of hydrogen-bond acceptors (Lipinski definition) is 5. The van der Waals surface area contributed by atoms with Crippen molar-refractivity contribution < 1.29 is 5.11 Å². The van der Waals surface area contributed by atoms with Crippen LogP contribution >= 0.6 is 23.1 Å². The molecule has 5 heteroatoms. The number of aliphatic hydroxyl groups excluding tert-OH is 1. The minimum absolute atomic E-state index is 0.117. The van der Waals surface area contributed by atoms with E-state index in [-0.39, 0.29) is 6.61 Å². The molecular formula is C14H14N2OS2. The van der Waals surface area contributed by atoms with E-state index in [9.17, 15) is 0 Å². The minimum atomic E-state index is 0.117. The summed E-state index contributed by atoms with van der Waals surface area (Å²) in [7, 11) is 0. The van der Waals surface area contributed by atoms with Crippen molar-refractivity contribution in [1.29, 1.82) is 0 Å². The van der Waals surface area contributed by atoms with Gasteiger partial charge in [-0.2, -0.15) is 0 Å². The topological polar surface area (TPSA) is 46.0 Å². The van der Waals surface area contributed by atoms with Crippen LogP contribution in [0.1, 0.15) is 21.9 Å². The van der Waals surface area contributed by atoms with Crippen molar-refractivity contribution >= 4 is 23.1 Å². The third-order valence-corrected chi connectivity index (χ3v) is 4.32. The fraction of sp³-hybridized carbons (Fsp3) is 0.286. The number of nitrogens with zero attached hydrogens (tertiary/aromatic N) is 2. The van der Waals surface area contributed by atoms with Gasteiger partial charge in [0.25, 0.3) is 0 Å². The molecule has 2 aromatic rings. The molecule has 2 heterocycles. The van der Waals surface area contributed by atoms with Crippen LogP contribution in [0.25, 0.3) is 0 Å². The molecule has 0 saturated heterocycles. The van der Waals surface area contributed by atoms with Crippen LogP contribution in [-0.2, 0) is 5.75 Å². The van der Waals surface area contributed by atoms with Crippen LogP contribution in [0.2, 0.25) is 0 Å². The Bertz CT molecular complexity index is 599. The molecule has 3 nitrogen and oxygen atoms in total. The SMILES string of the molecule is Cc1ccnc(SCc2ccc(C#CCCO)s2)n1. The first kappa shape index (κ1) is 14.1. The molecule has 0 bridgehead atoms. The number of thiophene rings is 1. The third kappa shape index (κ3) is 4.67. The van der Waals surface area contributed by atoms with Crippen molar-refractivity contribution in [3.05, 3.63) is 39.8 Å². The molecule has 0 spiro atoms. The van der Waals surface area contributed by atoms with Crippen molar-refractivity contribution in [2.45, 2.75) is 24.3 Å². The summed E-state index contributed by atoms with van der Waals surface area (Å²) in [5.41, 5.74) is 0.985. The average Bonchev–Trinajstić information content (AvgIpc) is 2.85. The summed E-state index contributed by atoms with van der Waals surface area (Å²) in [5.74, 6) is 6.82. The molecule has 2 aromatic heterocycles. The van der Waals surface area contributed by atoms with E-state index in [1.807, 2.05) is 19.1 Å². The number of rotatable bonds is 4. The van der Waals surface area contributed by atoms with Crippen molar-refractivity contribution in [3.63, 3.8) is 0 Å². The molecule has 0 fully saturated rings. The smallest absolute Gasteiger partial charge is 0.188 e. The quantitative estimate of drug-likeness (QED) is 0.534. The van der Waals surface area contributed by atoms with Gasteiger partial charge in [0.05, 0.1) is 11.5 Å². The molecular weight excluding hydrogens is 276 g/mol. The lowest BCUT2D eigenvalue weighted by Gasteiger charge is -1.98. The largest absolute Gasteiger partial charge is 0.395 e. The number of thioether (sulfide) groups is 1. The maximum Gasteiger partial charge on any atom is 0.188 e. The first-order valence-corrected chi connectivity index (χ1v) is 7.69. The second kappa shape index (κ2) is 7.29. The lowest BCUT2D eigenvalue weighted by atomic mass is 10.4. The minimum Gasteiger partial charge on any atom is -0.395 e. The molecule has 0 aliphatic carbocycles. The second-order valence-corrected chi connectivity index (χ2v) is 5.92. The summed E-state index contributed by atoms with van der Waals surface area (Å²) in [6.07, 6.45) is 2.31. The zero-order chi connectivity index (χ0) is 13.5. The second-order valence-electron chi connectivity index (χ2n) is 3.81. The molecule has 0 radical (unpaired) electrons. The fourth-order valence-corrected chi connectivity index (χ4v) is 3.16. The van der Waals surface area contributed by atoms with E-state index in [0.717, 1.165) is 21.5 Å². The van der Waals surface area contributed by atoms with Gasteiger partial charge in [0.2, 0.25) is 0 Å². The lowest BCUT2D eigenvalue weighted by Crippen LogP contribution is -1.88. The van der Waals surface area contributed by atoms with Gasteiger partial charge < -0.3 is 5.11 Å². The summed E-state index contributed by atoms with van der Waals surface area (Å²) in [5, 5.41) is 9.47. The molecule has 0 unspecified atom stereocenters. The zero-order valence-corrected chi connectivity index (χ0v) is 12.2. The highest BCUT2D eigenvalue weighted by molar-refractivity contribution is 7.98. The van der Waals surface area contributed by atoms with E-state index in [1.165, 1.54) is 4.88 Å². The van der Waals surface area contributed by atoms with Crippen molar-refractivity contribution in [1.82, 2.24) is 9.97 Å². The summed E-state index contributed by atoms with van der Waals surface area (Å²) in [6.45, 7) is 2.08. The Hall–Kier alpha value is -1.35. The Morgan fingerprint density at radius 1 is 1.37 bits per heavy atom. The van der Waals surface area contributed by atoms with Gasteiger partial charge in [-0.15, -0.1) is 11.3 Å². The van der Waals surface area contributed by atoms with Gasteiger partial charge in [-0.25, -0.2) is 9.97 Å². The Kier molecular flexibility index (Phi) is 5.40.